The third-order valence-electron chi connectivity index (χ3n) is 2.18. The van der Waals surface area contributed by atoms with Crippen LogP contribution in [0, 0.1) is 0 Å². The van der Waals surface area contributed by atoms with Gasteiger partial charge >= 0.3 is 0 Å². The van der Waals surface area contributed by atoms with Crippen LogP contribution in [0.2, 0.25) is 5.02 Å². The molecule has 3 N–H and O–H groups in total. The van der Waals surface area contributed by atoms with Crippen LogP contribution in [0.5, 0.6) is 11.5 Å². The van der Waals surface area contributed by atoms with Gasteiger partial charge < -0.3 is 15.6 Å². The summed E-state index contributed by atoms with van der Waals surface area (Å²) in [6.07, 6.45) is 0.786. The van der Waals surface area contributed by atoms with Crippen molar-refractivity contribution in [1.82, 2.24) is 0 Å². The van der Waals surface area contributed by atoms with Crippen LogP contribution >= 0.6 is 11.6 Å². The van der Waals surface area contributed by atoms with Crippen LogP contribution in [0.3, 0.4) is 0 Å². The Kier molecular flexibility index (Phi) is 2.06. The number of phenolic OH excluding ortho intramolecular Hbond substituents is 1. The van der Waals surface area contributed by atoms with Gasteiger partial charge in [0.2, 0.25) is 0 Å². The fraction of sp³-hybridized carbons (Fsp3) is 0.333. The largest absolute Gasteiger partial charge is 0.506 e. The average molecular weight is 200 g/mol. The molecule has 0 bridgehead atoms. The van der Waals surface area contributed by atoms with Gasteiger partial charge in [0.15, 0.2) is 0 Å². The number of aromatic hydroxyl groups is 1. The van der Waals surface area contributed by atoms with E-state index in [1.807, 2.05) is 0 Å². The summed E-state index contributed by atoms with van der Waals surface area (Å²) in [5.41, 5.74) is 6.71. The zero-order valence-electron chi connectivity index (χ0n) is 6.96. The lowest BCUT2D eigenvalue weighted by Gasteiger charge is -2.23. The van der Waals surface area contributed by atoms with Crippen molar-refractivity contribution in [3.63, 3.8) is 0 Å². The van der Waals surface area contributed by atoms with E-state index in [-0.39, 0.29) is 16.8 Å². The van der Waals surface area contributed by atoms with E-state index in [1.165, 1.54) is 6.07 Å². The Morgan fingerprint density at radius 3 is 3.08 bits per heavy atom. The topological polar surface area (TPSA) is 55.5 Å². The van der Waals surface area contributed by atoms with Gasteiger partial charge in [0.05, 0.1) is 6.61 Å². The third-order valence-corrected chi connectivity index (χ3v) is 2.55. The quantitative estimate of drug-likeness (QED) is 0.670. The minimum atomic E-state index is -0.0400. The number of halogens is 1. The van der Waals surface area contributed by atoms with Crippen LogP contribution < -0.4 is 10.5 Å². The Morgan fingerprint density at radius 1 is 1.54 bits per heavy atom. The molecular weight excluding hydrogens is 190 g/mol. The Balaban J connectivity index is 2.56. The highest BCUT2D eigenvalue weighted by Crippen LogP contribution is 2.41. The maximum Gasteiger partial charge on any atom is 0.146 e. The second-order valence-electron chi connectivity index (χ2n) is 3.06. The van der Waals surface area contributed by atoms with Gasteiger partial charge in [0.25, 0.3) is 0 Å². The molecule has 0 aliphatic carbocycles. The van der Waals surface area contributed by atoms with Crippen molar-refractivity contribution in [3.8, 4) is 11.5 Å². The minimum absolute atomic E-state index is 0.0366. The summed E-state index contributed by atoms with van der Waals surface area (Å²) < 4.78 is 5.33. The van der Waals surface area contributed by atoms with E-state index in [2.05, 4.69) is 0 Å². The molecule has 1 aliphatic heterocycles. The minimum Gasteiger partial charge on any atom is -0.506 e. The fourth-order valence-corrected chi connectivity index (χ4v) is 1.67. The highest BCUT2D eigenvalue weighted by molar-refractivity contribution is 6.33. The van der Waals surface area contributed by atoms with Gasteiger partial charge in [-0.3, -0.25) is 0 Å². The molecule has 0 saturated carbocycles. The average Bonchev–Trinajstić information content (AvgIpc) is 2.12. The molecule has 0 radical (unpaired) electrons. The smallest absolute Gasteiger partial charge is 0.146 e. The van der Waals surface area contributed by atoms with Crippen LogP contribution in [-0.2, 0) is 0 Å². The molecule has 1 atom stereocenters. The first kappa shape index (κ1) is 8.66. The van der Waals surface area contributed by atoms with Crippen molar-refractivity contribution in [2.45, 2.75) is 12.5 Å². The summed E-state index contributed by atoms with van der Waals surface area (Å²) in [6, 6.07) is 3.25. The lowest BCUT2D eigenvalue weighted by atomic mass is 10.0. The van der Waals surface area contributed by atoms with Gasteiger partial charge in [0.1, 0.15) is 16.5 Å². The van der Waals surface area contributed by atoms with Crippen molar-refractivity contribution in [3.05, 3.63) is 22.7 Å². The zero-order chi connectivity index (χ0) is 9.42. The molecule has 0 aromatic heterocycles. The summed E-state index contributed by atoms with van der Waals surface area (Å²) in [5.74, 6) is 0.565. The van der Waals surface area contributed by atoms with Crippen LogP contribution in [0.1, 0.15) is 18.0 Å². The number of hydrogen-bond acceptors (Lipinski definition) is 3. The molecule has 0 unspecified atom stereocenters. The molecule has 13 heavy (non-hydrogen) atoms. The standard InChI is InChI=1S/C9H10ClNO2/c10-8-7(12)2-1-5-6(11)3-4-13-9(5)8/h1-2,6,12H,3-4,11H2/t6-/m0/s1. The van der Waals surface area contributed by atoms with E-state index in [0.29, 0.717) is 12.4 Å². The van der Waals surface area contributed by atoms with E-state index in [1.54, 1.807) is 6.07 Å². The first-order chi connectivity index (χ1) is 6.20. The summed E-state index contributed by atoms with van der Waals surface area (Å²) >= 11 is 5.85. The molecule has 0 fully saturated rings. The highest BCUT2D eigenvalue weighted by Gasteiger charge is 2.21. The second-order valence-corrected chi connectivity index (χ2v) is 3.44. The van der Waals surface area contributed by atoms with E-state index in [4.69, 9.17) is 22.1 Å². The summed E-state index contributed by atoms with van der Waals surface area (Å²) in [6.45, 7) is 0.553. The van der Waals surface area contributed by atoms with E-state index < -0.39 is 0 Å². The maximum atomic E-state index is 9.31. The number of phenols is 1. The number of hydrogen-bond donors (Lipinski definition) is 2. The monoisotopic (exact) mass is 199 g/mol. The van der Waals surface area contributed by atoms with Gasteiger partial charge in [-0.15, -0.1) is 0 Å². The summed E-state index contributed by atoms with van der Waals surface area (Å²) in [7, 11) is 0. The van der Waals surface area contributed by atoms with Crippen LogP contribution in [0.4, 0.5) is 0 Å². The molecule has 4 heteroatoms. The predicted molar refractivity (Wildman–Crippen MR) is 50.2 cm³/mol. The molecule has 2 rings (SSSR count). The first-order valence-electron chi connectivity index (χ1n) is 4.10. The second kappa shape index (κ2) is 3.09. The Bertz CT molecular complexity index is 341. The number of benzene rings is 1. The van der Waals surface area contributed by atoms with Gasteiger partial charge in [-0.05, 0) is 12.1 Å². The first-order valence-corrected chi connectivity index (χ1v) is 4.47. The van der Waals surface area contributed by atoms with Crippen molar-refractivity contribution in [2.75, 3.05) is 6.61 Å². The van der Waals surface area contributed by atoms with Crippen molar-refractivity contribution < 1.29 is 9.84 Å². The number of rotatable bonds is 0. The molecule has 0 spiro atoms. The van der Waals surface area contributed by atoms with Crippen LogP contribution in [0.15, 0.2) is 12.1 Å². The molecule has 3 nitrogen and oxygen atoms in total. The normalized spacial score (nSPS) is 20.6. The number of nitrogens with two attached hydrogens (primary N) is 1. The Labute approximate surface area is 81.1 Å². The van der Waals surface area contributed by atoms with Gasteiger partial charge in [-0.1, -0.05) is 11.6 Å². The predicted octanol–water partition coefficient (Wildman–Crippen LogP) is 1.83. The van der Waals surface area contributed by atoms with Gasteiger partial charge in [-0.2, -0.15) is 0 Å². The third kappa shape index (κ3) is 1.34. The SMILES string of the molecule is N[C@H]1CCOc2c1ccc(O)c2Cl. The van der Waals surface area contributed by atoms with Crippen molar-refractivity contribution in [2.24, 2.45) is 5.73 Å². The van der Waals surface area contributed by atoms with Gasteiger partial charge in [0, 0.05) is 18.0 Å². The van der Waals surface area contributed by atoms with Crippen LogP contribution in [0.25, 0.3) is 0 Å². The molecule has 1 heterocycles. The lowest BCUT2D eigenvalue weighted by molar-refractivity contribution is 0.267. The number of fused-ring (bicyclic) bond motifs is 1. The van der Waals surface area contributed by atoms with Crippen LogP contribution in [-0.4, -0.2) is 11.7 Å². The molecule has 1 aromatic carbocycles. The van der Waals surface area contributed by atoms with E-state index >= 15 is 0 Å². The fourth-order valence-electron chi connectivity index (χ4n) is 1.44. The lowest BCUT2D eigenvalue weighted by Crippen LogP contribution is -2.20. The zero-order valence-corrected chi connectivity index (χ0v) is 7.71. The molecule has 0 amide bonds. The molecule has 1 aliphatic rings. The molecule has 1 aromatic rings. The Hall–Kier alpha value is -0.930. The highest BCUT2D eigenvalue weighted by atomic mass is 35.5. The molecule has 70 valence electrons. The number of ether oxygens (including phenoxy) is 1. The van der Waals surface area contributed by atoms with E-state index in [0.717, 1.165) is 12.0 Å². The summed E-state index contributed by atoms with van der Waals surface area (Å²) in [4.78, 5) is 0. The van der Waals surface area contributed by atoms with Crippen molar-refractivity contribution >= 4 is 11.6 Å². The Morgan fingerprint density at radius 2 is 2.31 bits per heavy atom. The molecular formula is C9H10ClNO2. The molecule has 0 saturated heterocycles. The van der Waals surface area contributed by atoms with Gasteiger partial charge in [-0.25, -0.2) is 0 Å². The van der Waals surface area contributed by atoms with Crippen molar-refractivity contribution in [1.29, 1.82) is 0 Å². The maximum absolute atomic E-state index is 9.31. The van der Waals surface area contributed by atoms with E-state index in [9.17, 15) is 5.11 Å². The summed E-state index contributed by atoms with van der Waals surface area (Å²) in [5, 5.41) is 9.57.